The molecule has 0 aromatic rings. The first kappa shape index (κ1) is 9.66. The van der Waals surface area contributed by atoms with Gasteiger partial charge in [-0.15, -0.1) is 0 Å². The van der Waals surface area contributed by atoms with Crippen LogP contribution in [-0.2, 0) is 9.63 Å². The molecule has 0 radical (unpaired) electrons. The molecule has 7 nitrogen and oxygen atoms in total. The Hall–Kier alpha value is -1.34. The van der Waals surface area contributed by atoms with Gasteiger partial charge in [0.15, 0.2) is 0 Å². The maximum absolute atomic E-state index is 10.1. The topological polar surface area (TPSA) is 123 Å². The lowest BCUT2D eigenvalue weighted by Gasteiger charge is -2.04. The molecule has 6 N–H and O–H groups in total. The van der Waals surface area contributed by atoms with Crippen LogP contribution in [0.15, 0.2) is 5.10 Å². The Morgan fingerprint density at radius 2 is 2.55 bits per heavy atom. The number of rotatable bonds is 5. The van der Waals surface area contributed by atoms with Crippen molar-refractivity contribution < 1.29 is 14.7 Å². The minimum Gasteiger partial charge on any atom is -0.480 e. The third-order valence-electron chi connectivity index (χ3n) is 0.791. The van der Waals surface area contributed by atoms with Gasteiger partial charge in [0.1, 0.15) is 19.0 Å². The molecule has 0 aromatic carbocycles. The molecular weight excluding hydrogens is 152 g/mol. The molecule has 11 heavy (non-hydrogen) atoms. The van der Waals surface area contributed by atoms with Crippen molar-refractivity contribution in [3.05, 3.63) is 0 Å². The molecule has 0 rings (SSSR count). The molecule has 0 saturated carbocycles. The van der Waals surface area contributed by atoms with Gasteiger partial charge in [0.2, 0.25) is 0 Å². The van der Waals surface area contributed by atoms with E-state index < -0.39 is 12.0 Å². The first-order chi connectivity index (χ1) is 5.18. The second-order valence-corrected chi connectivity index (χ2v) is 1.65. The van der Waals surface area contributed by atoms with E-state index in [9.17, 15) is 4.79 Å². The zero-order valence-corrected chi connectivity index (χ0v) is 5.73. The number of nitrogens with two attached hydrogens (primary N) is 2. The van der Waals surface area contributed by atoms with Gasteiger partial charge in [-0.1, -0.05) is 0 Å². The number of hydrogen-bond acceptors (Lipinski definition) is 5. The van der Waals surface area contributed by atoms with Crippen molar-refractivity contribution in [2.75, 3.05) is 6.61 Å². The molecule has 0 spiro atoms. The van der Waals surface area contributed by atoms with Crippen LogP contribution in [0.25, 0.3) is 0 Å². The predicted octanol–water partition coefficient (Wildman–Crippen LogP) is -2.18. The van der Waals surface area contributed by atoms with Gasteiger partial charge in [-0.3, -0.25) is 15.1 Å². The van der Waals surface area contributed by atoms with E-state index in [1.807, 2.05) is 0 Å². The van der Waals surface area contributed by atoms with Crippen LogP contribution in [-0.4, -0.2) is 30.1 Å². The lowest BCUT2D eigenvalue weighted by molar-refractivity contribution is -0.140. The fourth-order valence-electron chi connectivity index (χ4n) is 0.277. The van der Waals surface area contributed by atoms with Gasteiger partial charge in [-0.2, -0.15) is 5.10 Å². The molecule has 64 valence electrons. The van der Waals surface area contributed by atoms with Crippen LogP contribution < -0.4 is 17.1 Å². The average Bonchev–Trinajstić information content (AvgIpc) is 1.97. The first-order valence-electron chi connectivity index (χ1n) is 2.76. The minimum absolute atomic E-state index is 0.151. The second kappa shape index (κ2) is 5.45. The lowest BCUT2D eigenvalue weighted by atomic mass is 10.3. The van der Waals surface area contributed by atoms with E-state index in [0.29, 0.717) is 0 Å². The number of hydrazone groups is 1. The number of aliphatic carboxylic acids is 1. The van der Waals surface area contributed by atoms with E-state index in [0.717, 1.165) is 6.34 Å². The lowest BCUT2D eigenvalue weighted by Crippen LogP contribution is -2.36. The van der Waals surface area contributed by atoms with Gasteiger partial charge < -0.3 is 16.7 Å². The van der Waals surface area contributed by atoms with Gasteiger partial charge in [0, 0.05) is 0 Å². The minimum atomic E-state index is -1.13. The third kappa shape index (κ3) is 5.12. The highest BCUT2D eigenvalue weighted by atomic mass is 16.6. The fourth-order valence-corrected chi connectivity index (χ4v) is 0.277. The molecule has 1 atom stereocenters. The van der Waals surface area contributed by atoms with Crippen LogP contribution in [0, 0.1) is 0 Å². The summed E-state index contributed by atoms with van der Waals surface area (Å²) < 4.78 is 0. The smallest absolute Gasteiger partial charge is 0.322 e. The number of carbonyl (C=O) groups is 1. The predicted molar refractivity (Wildman–Crippen MR) is 37.4 cm³/mol. The maximum Gasteiger partial charge on any atom is 0.322 e. The van der Waals surface area contributed by atoms with E-state index in [1.165, 1.54) is 0 Å². The van der Waals surface area contributed by atoms with Gasteiger partial charge in [0.25, 0.3) is 0 Å². The normalized spacial score (nSPS) is 13.2. The molecule has 0 saturated heterocycles. The van der Waals surface area contributed by atoms with E-state index in [-0.39, 0.29) is 6.61 Å². The van der Waals surface area contributed by atoms with Crippen molar-refractivity contribution in [2.45, 2.75) is 6.04 Å². The number of hydrogen-bond donors (Lipinski definition) is 4. The largest absolute Gasteiger partial charge is 0.480 e. The molecule has 7 heteroatoms. The number of hydroxylamine groups is 1. The Labute approximate surface area is 63.0 Å². The molecule has 0 bridgehead atoms. The molecule has 0 aromatic heterocycles. The molecule has 0 aliphatic heterocycles. The van der Waals surface area contributed by atoms with Gasteiger partial charge >= 0.3 is 5.97 Å². The summed E-state index contributed by atoms with van der Waals surface area (Å²) in [6.45, 7) is -0.151. The highest BCUT2D eigenvalue weighted by Crippen LogP contribution is 1.77. The monoisotopic (exact) mass is 162 g/mol. The zero-order chi connectivity index (χ0) is 8.69. The molecule has 0 amide bonds. The van der Waals surface area contributed by atoms with Crippen molar-refractivity contribution >= 4 is 12.3 Å². The van der Waals surface area contributed by atoms with Gasteiger partial charge in [-0.05, 0) is 0 Å². The summed E-state index contributed by atoms with van der Waals surface area (Å²) >= 11 is 0. The van der Waals surface area contributed by atoms with E-state index in [1.54, 1.807) is 0 Å². The van der Waals surface area contributed by atoms with Crippen molar-refractivity contribution in [3.8, 4) is 0 Å². The summed E-state index contributed by atoms with van der Waals surface area (Å²) in [6.07, 6.45) is 1.06. The summed E-state index contributed by atoms with van der Waals surface area (Å²) in [4.78, 5) is 14.6. The third-order valence-corrected chi connectivity index (χ3v) is 0.791. The first-order valence-corrected chi connectivity index (χ1v) is 2.76. The van der Waals surface area contributed by atoms with Crippen LogP contribution >= 0.6 is 0 Å². The van der Waals surface area contributed by atoms with Gasteiger partial charge in [-0.25, -0.2) is 0 Å². The van der Waals surface area contributed by atoms with Gasteiger partial charge in [0.05, 0.1) is 0 Å². The van der Waals surface area contributed by atoms with E-state index >= 15 is 0 Å². The number of nitrogens with zero attached hydrogens (tertiary/aromatic N) is 1. The molecule has 0 fully saturated rings. The number of carboxylic acid groups (broad SMARTS) is 1. The number of nitrogens with one attached hydrogen (secondary N) is 1. The Bertz CT molecular complexity index is 148. The van der Waals surface area contributed by atoms with Crippen molar-refractivity contribution in [2.24, 2.45) is 16.7 Å². The van der Waals surface area contributed by atoms with Crippen molar-refractivity contribution in [1.29, 1.82) is 0 Å². The highest BCUT2D eigenvalue weighted by Gasteiger charge is 2.10. The standard InChI is InChI=1S/C4H10N4O3/c5-3(4(9)10)1-11-8-2-7-6/h2-3H,1,5-6H2,(H,7,8)(H,9,10)/t3-/m1/s1. The maximum atomic E-state index is 10.1. The van der Waals surface area contributed by atoms with Crippen molar-refractivity contribution in [3.63, 3.8) is 0 Å². The van der Waals surface area contributed by atoms with Crippen LogP contribution in [0.4, 0.5) is 0 Å². The summed E-state index contributed by atoms with van der Waals surface area (Å²) in [5, 5.41) is 11.3. The number of carboxylic acids is 1. The molecular formula is C4H10N4O3. The Balaban J connectivity index is 3.31. The highest BCUT2D eigenvalue weighted by molar-refractivity contribution is 5.73. The molecule has 0 aliphatic rings. The average molecular weight is 162 g/mol. The quantitative estimate of drug-likeness (QED) is 0.120. The molecule has 0 heterocycles. The Morgan fingerprint density at radius 1 is 1.91 bits per heavy atom. The van der Waals surface area contributed by atoms with E-state index in [2.05, 4.69) is 21.3 Å². The summed E-state index contributed by atoms with van der Waals surface area (Å²) in [5.41, 5.74) is 7.22. The SMILES string of the molecule is NN=CNOC[C@@H](N)C(=O)O. The van der Waals surface area contributed by atoms with Crippen molar-refractivity contribution in [1.82, 2.24) is 5.48 Å². The Morgan fingerprint density at radius 3 is 3.00 bits per heavy atom. The molecule has 0 aliphatic carbocycles. The Kier molecular flexibility index (Phi) is 4.78. The van der Waals surface area contributed by atoms with E-state index in [4.69, 9.17) is 10.8 Å². The van der Waals surface area contributed by atoms with Crippen LogP contribution in [0.3, 0.4) is 0 Å². The molecule has 0 unspecified atom stereocenters. The summed E-state index contributed by atoms with van der Waals surface area (Å²) in [5.74, 6) is 3.56. The summed E-state index contributed by atoms with van der Waals surface area (Å²) in [6, 6.07) is -1.05. The van der Waals surface area contributed by atoms with Crippen LogP contribution in [0.5, 0.6) is 0 Å². The summed E-state index contributed by atoms with van der Waals surface area (Å²) in [7, 11) is 0. The van der Waals surface area contributed by atoms with Crippen LogP contribution in [0.1, 0.15) is 0 Å². The van der Waals surface area contributed by atoms with Crippen LogP contribution in [0.2, 0.25) is 0 Å². The zero-order valence-electron chi connectivity index (χ0n) is 5.73. The second-order valence-electron chi connectivity index (χ2n) is 1.65. The fraction of sp³-hybridized carbons (Fsp3) is 0.500.